The molecule has 0 unspecified atom stereocenters. The SMILES string of the molecule is CC1(C)Cc2ccccc2-c2c(cc(O)c3cc4c(cc23)SC(c2cccc3ccccc23)(c2cccc3ccccc23)O4)CC(C)(C)C1. The molecule has 0 radical (unpaired) electrons. The Balaban J connectivity index is 1.32. The van der Waals surface area contributed by atoms with E-state index in [9.17, 15) is 5.11 Å². The lowest BCUT2D eigenvalue weighted by Crippen LogP contribution is -2.28. The van der Waals surface area contributed by atoms with Gasteiger partial charge in [-0.25, -0.2) is 0 Å². The van der Waals surface area contributed by atoms with Gasteiger partial charge in [0, 0.05) is 16.5 Å². The highest BCUT2D eigenvalue weighted by Crippen LogP contribution is 2.60. The van der Waals surface area contributed by atoms with Crippen LogP contribution in [-0.2, 0) is 17.8 Å². The summed E-state index contributed by atoms with van der Waals surface area (Å²) in [4.78, 5) is 0.241. The number of ether oxygens (including phenoxy) is 1. The Labute approximate surface area is 292 Å². The minimum atomic E-state index is -0.840. The molecule has 3 heteroatoms. The lowest BCUT2D eigenvalue weighted by molar-refractivity contribution is 0.193. The lowest BCUT2D eigenvalue weighted by Gasteiger charge is -2.35. The molecule has 9 rings (SSSR count). The van der Waals surface area contributed by atoms with E-state index in [4.69, 9.17) is 4.74 Å². The Morgan fingerprint density at radius 1 is 0.571 bits per heavy atom. The molecule has 2 nitrogen and oxygen atoms in total. The molecule has 0 aromatic heterocycles. The second-order valence-electron chi connectivity index (χ2n) is 15.7. The molecule has 1 heterocycles. The van der Waals surface area contributed by atoms with E-state index in [1.54, 1.807) is 11.8 Å². The minimum Gasteiger partial charge on any atom is -0.507 e. The van der Waals surface area contributed by atoms with Gasteiger partial charge in [-0.3, -0.25) is 0 Å². The number of benzene rings is 7. The Kier molecular flexibility index (Phi) is 6.74. The van der Waals surface area contributed by atoms with Crippen molar-refractivity contribution in [2.45, 2.75) is 56.8 Å². The molecule has 0 bridgehead atoms. The molecule has 0 saturated heterocycles. The Morgan fingerprint density at radius 3 is 1.82 bits per heavy atom. The van der Waals surface area contributed by atoms with Gasteiger partial charge in [-0.1, -0.05) is 149 Å². The first-order valence-corrected chi connectivity index (χ1v) is 18.2. The number of rotatable bonds is 2. The van der Waals surface area contributed by atoms with Crippen LogP contribution in [0.3, 0.4) is 0 Å². The number of fused-ring (bicyclic) bond motifs is 8. The van der Waals surface area contributed by atoms with Crippen LogP contribution in [0.25, 0.3) is 43.4 Å². The highest BCUT2D eigenvalue weighted by molar-refractivity contribution is 8.00. The summed E-state index contributed by atoms with van der Waals surface area (Å²) in [6.07, 6.45) is 2.99. The second-order valence-corrected chi connectivity index (χ2v) is 16.9. The zero-order chi connectivity index (χ0) is 33.5. The number of phenolic OH excluding ortho intramolecular Hbond substituents is 1. The summed E-state index contributed by atoms with van der Waals surface area (Å²) in [7, 11) is 0. The van der Waals surface area contributed by atoms with E-state index < -0.39 is 4.93 Å². The van der Waals surface area contributed by atoms with Crippen LogP contribution in [0.4, 0.5) is 0 Å². The van der Waals surface area contributed by atoms with E-state index >= 15 is 0 Å². The van der Waals surface area contributed by atoms with Crippen molar-refractivity contribution in [3.8, 4) is 22.6 Å². The third-order valence-corrected chi connectivity index (χ3v) is 12.0. The molecule has 1 aliphatic carbocycles. The van der Waals surface area contributed by atoms with Gasteiger partial charge in [0.25, 0.3) is 0 Å². The van der Waals surface area contributed by atoms with E-state index in [1.165, 1.54) is 43.8 Å². The topological polar surface area (TPSA) is 29.5 Å². The van der Waals surface area contributed by atoms with Crippen LogP contribution < -0.4 is 4.74 Å². The average Bonchev–Trinajstić information content (AvgIpc) is 3.47. The van der Waals surface area contributed by atoms with Crippen LogP contribution in [0.15, 0.2) is 132 Å². The van der Waals surface area contributed by atoms with E-state index in [2.05, 4.69) is 149 Å². The van der Waals surface area contributed by atoms with Gasteiger partial charge in [0.15, 0.2) is 0 Å². The van der Waals surface area contributed by atoms with E-state index in [1.807, 2.05) is 6.07 Å². The first-order valence-electron chi connectivity index (χ1n) is 17.4. The van der Waals surface area contributed by atoms with E-state index in [0.29, 0.717) is 5.75 Å². The molecule has 2 aliphatic rings. The van der Waals surface area contributed by atoms with Crippen LogP contribution in [-0.4, -0.2) is 5.11 Å². The standard InChI is InChI=1S/C46H40O2S/c1-44(2)26-31-15-7-10-20-35(31)43-32(27-45(3,4)28-44)23-40(47)36-24-41-42(25-37(36)43)49-46(48-41,38-21-11-16-29-13-5-8-18-33(29)38)39-22-12-17-30-14-6-9-19-34(30)39/h5-25,47H,26-28H2,1-4H3. The maximum atomic E-state index is 11.8. The second kappa shape index (κ2) is 10.9. The summed E-state index contributed by atoms with van der Waals surface area (Å²) in [6.45, 7) is 9.56. The van der Waals surface area contributed by atoms with Crippen LogP contribution in [0.5, 0.6) is 11.5 Å². The summed E-state index contributed by atoms with van der Waals surface area (Å²) in [5.41, 5.74) is 7.53. The van der Waals surface area contributed by atoms with Gasteiger partial charge in [0.05, 0.1) is 4.90 Å². The fourth-order valence-corrected chi connectivity index (χ4v) is 10.6. The zero-order valence-electron chi connectivity index (χ0n) is 28.5. The lowest BCUT2D eigenvalue weighted by atomic mass is 9.70. The van der Waals surface area contributed by atoms with Gasteiger partial charge in [-0.2, -0.15) is 0 Å². The van der Waals surface area contributed by atoms with Crippen LogP contribution in [0.1, 0.15) is 56.4 Å². The molecule has 49 heavy (non-hydrogen) atoms. The predicted molar refractivity (Wildman–Crippen MR) is 206 cm³/mol. The highest BCUT2D eigenvalue weighted by Gasteiger charge is 2.46. The van der Waals surface area contributed by atoms with E-state index in [-0.39, 0.29) is 10.8 Å². The summed E-state index contributed by atoms with van der Waals surface area (Å²) in [5.74, 6) is 1.11. The quantitative estimate of drug-likeness (QED) is 0.201. The van der Waals surface area contributed by atoms with Gasteiger partial charge in [0.2, 0.25) is 4.93 Å². The molecule has 0 atom stereocenters. The summed E-state index contributed by atoms with van der Waals surface area (Å²) in [6, 6.07) is 45.6. The van der Waals surface area contributed by atoms with Crippen molar-refractivity contribution in [2.24, 2.45) is 10.8 Å². The Morgan fingerprint density at radius 2 is 1.14 bits per heavy atom. The average molecular weight is 657 g/mol. The fraction of sp³-hybridized carbons (Fsp3) is 0.217. The first-order chi connectivity index (χ1) is 23.6. The molecule has 242 valence electrons. The van der Waals surface area contributed by atoms with Gasteiger partial charge < -0.3 is 9.84 Å². The first kappa shape index (κ1) is 30.3. The molecule has 0 amide bonds. The Hall–Kier alpha value is -4.73. The van der Waals surface area contributed by atoms with Crippen molar-refractivity contribution in [1.29, 1.82) is 0 Å². The number of phenols is 1. The van der Waals surface area contributed by atoms with Crippen LogP contribution >= 0.6 is 11.8 Å². The van der Waals surface area contributed by atoms with Crippen molar-refractivity contribution in [3.05, 3.63) is 150 Å². The van der Waals surface area contributed by atoms with Crippen molar-refractivity contribution in [2.75, 3.05) is 0 Å². The normalized spacial score (nSPS) is 17.4. The van der Waals surface area contributed by atoms with Crippen molar-refractivity contribution >= 4 is 44.1 Å². The monoisotopic (exact) mass is 656 g/mol. The molecule has 7 aromatic rings. The molecule has 0 saturated carbocycles. The molecule has 0 spiro atoms. The third kappa shape index (κ3) is 4.93. The van der Waals surface area contributed by atoms with Crippen molar-refractivity contribution in [3.63, 3.8) is 0 Å². The number of aromatic hydroxyl groups is 1. The number of hydrogen-bond donors (Lipinski definition) is 1. The van der Waals surface area contributed by atoms with Crippen LogP contribution in [0.2, 0.25) is 0 Å². The fourth-order valence-electron chi connectivity index (χ4n) is 9.17. The number of thioether (sulfide) groups is 1. The molecular weight excluding hydrogens is 617 g/mol. The van der Waals surface area contributed by atoms with Gasteiger partial charge in [-0.15, -0.1) is 0 Å². The summed E-state index contributed by atoms with van der Waals surface area (Å²) < 4.78 is 7.34. The molecule has 1 N–H and O–H groups in total. The van der Waals surface area contributed by atoms with Gasteiger partial charge in [-0.05, 0) is 97.5 Å². The maximum absolute atomic E-state index is 11.8. The molecule has 7 aromatic carbocycles. The summed E-state index contributed by atoms with van der Waals surface area (Å²) in [5, 5.41) is 18.4. The maximum Gasteiger partial charge on any atom is 0.211 e. The predicted octanol–water partition coefficient (Wildman–Crippen LogP) is 12.4. The summed E-state index contributed by atoms with van der Waals surface area (Å²) >= 11 is 1.78. The van der Waals surface area contributed by atoms with E-state index in [0.717, 1.165) is 51.8 Å². The number of hydrogen-bond acceptors (Lipinski definition) is 3. The van der Waals surface area contributed by atoms with Gasteiger partial charge >= 0.3 is 0 Å². The largest absolute Gasteiger partial charge is 0.507 e. The van der Waals surface area contributed by atoms with Crippen molar-refractivity contribution in [1.82, 2.24) is 0 Å². The van der Waals surface area contributed by atoms with Crippen molar-refractivity contribution < 1.29 is 9.84 Å². The smallest absolute Gasteiger partial charge is 0.211 e. The third-order valence-electron chi connectivity index (χ3n) is 10.6. The molecular formula is C46H40O2S. The van der Waals surface area contributed by atoms with Crippen LogP contribution in [0, 0.1) is 10.8 Å². The Bertz CT molecular complexity index is 2360. The molecule has 0 fully saturated rings. The zero-order valence-corrected chi connectivity index (χ0v) is 29.3. The highest BCUT2D eigenvalue weighted by atomic mass is 32.2. The molecule has 1 aliphatic heterocycles. The minimum absolute atomic E-state index is 0.0624. The van der Waals surface area contributed by atoms with Gasteiger partial charge in [0.1, 0.15) is 11.5 Å².